The van der Waals surface area contributed by atoms with E-state index in [1.165, 1.54) is 22.0 Å². The highest BCUT2D eigenvalue weighted by Crippen LogP contribution is 2.56. The predicted molar refractivity (Wildman–Crippen MR) is 476 cm³/mol. The summed E-state index contributed by atoms with van der Waals surface area (Å²) in [6.07, 6.45) is 0. The summed E-state index contributed by atoms with van der Waals surface area (Å²) in [5.41, 5.74) is 35.4. The van der Waals surface area contributed by atoms with Gasteiger partial charge in [-0.05, 0) is 181 Å². The minimum absolute atomic E-state index is 0.324. The fourth-order valence-electron chi connectivity index (χ4n) is 19.8. The van der Waals surface area contributed by atoms with Crippen molar-refractivity contribution in [2.24, 2.45) is 0 Å². The standard InChI is InChI=1S/C106H67BN4O3/c1-106(2,3)70-58-93-99-94(59-70)111-92-61-72(109-90-39-15-11-31-78(90)82-47-49-84-80-33-13-17-41-96(80)114-105(84)103(82)109)45-51-88(92)107(99)87-50-44-71(108-89-38-14-10-30-77(89)81-46-48-83-79-32-12-16-40-95(79)113-104(83)102(81)108)60-91(87)110(93)100-73(62-22-6-4-7-23-62)34-20-36-75(100)68-28-18-26-64(54-68)66-42-52-97-85(56-66)86-57-67(43-53-98(86)112-97)65-27-19-29-69(55-65)76-37-21-35-74(101(76)111)63-24-8-5-9-25-63/h4-61H,1-3H3. The number of nitrogens with zero attached hydrogens (tertiary/aromatic N) is 4. The Labute approximate surface area is 656 Å². The van der Waals surface area contributed by atoms with E-state index >= 15 is 0 Å². The fourth-order valence-corrected chi connectivity index (χ4v) is 19.8. The number of hydrogen-bond acceptors (Lipinski definition) is 5. The van der Waals surface area contributed by atoms with Crippen LogP contribution in [-0.2, 0) is 5.41 Å². The quantitative estimate of drug-likeness (QED) is 0.164. The zero-order chi connectivity index (χ0) is 74.9. The molecule has 532 valence electrons. The van der Waals surface area contributed by atoms with Gasteiger partial charge in [0.2, 0.25) is 0 Å². The van der Waals surface area contributed by atoms with Crippen LogP contribution in [0, 0.1) is 0 Å². The molecule has 3 aliphatic rings. The lowest BCUT2D eigenvalue weighted by molar-refractivity contribution is 0.590. The molecule has 0 radical (unpaired) electrons. The second-order valence-electron chi connectivity index (χ2n) is 32.2. The molecular weight excluding hydrogens is 1390 g/mol. The molecule has 5 aromatic heterocycles. The Kier molecular flexibility index (Phi) is 13.0. The highest BCUT2D eigenvalue weighted by Gasteiger charge is 2.47. The Hall–Kier alpha value is -14.6. The monoisotopic (exact) mass is 1450 g/mol. The van der Waals surface area contributed by atoms with Gasteiger partial charge in [-0.15, -0.1) is 0 Å². The average molecular weight is 1460 g/mol. The van der Waals surface area contributed by atoms with Gasteiger partial charge in [0.05, 0.1) is 33.4 Å². The maximum Gasteiger partial charge on any atom is 0.252 e. The fraction of sp³-hybridized carbons (Fsp3) is 0.0377. The van der Waals surface area contributed by atoms with Gasteiger partial charge in [-0.25, -0.2) is 0 Å². The van der Waals surface area contributed by atoms with Crippen LogP contribution in [-0.4, -0.2) is 15.8 Å². The molecular formula is C106H67BN4O3. The van der Waals surface area contributed by atoms with Crippen LogP contribution >= 0.6 is 0 Å². The molecule has 7 nitrogen and oxygen atoms in total. The summed E-state index contributed by atoms with van der Waals surface area (Å²) in [5, 5.41) is 11.0. The van der Waals surface area contributed by atoms with Crippen molar-refractivity contribution < 1.29 is 13.3 Å². The normalized spacial score (nSPS) is 13.0. The smallest absolute Gasteiger partial charge is 0.252 e. The molecule has 13 bridgehead atoms. The molecule has 0 unspecified atom stereocenters. The Balaban J connectivity index is 0.866. The molecule has 22 aromatic rings. The predicted octanol–water partition coefficient (Wildman–Crippen LogP) is 27.3. The van der Waals surface area contributed by atoms with E-state index in [-0.39, 0.29) is 12.1 Å². The molecule has 3 aliphatic heterocycles. The van der Waals surface area contributed by atoms with Crippen LogP contribution in [0.5, 0.6) is 0 Å². The topological polar surface area (TPSA) is 55.8 Å². The van der Waals surface area contributed by atoms with E-state index in [4.69, 9.17) is 13.3 Å². The third kappa shape index (κ3) is 8.99. The molecule has 114 heavy (non-hydrogen) atoms. The first-order valence-electron chi connectivity index (χ1n) is 39.5. The third-order valence-corrected chi connectivity index (χ3v) is 25.0. The second-order valence-corrected chi connectivity index (χ2v) is 32.2. The van der Waals surface area contributed by atoms with Crippen LogP contribution in [0.2, 0.25) is 0 Å². The zero-order valence-corrected chi connectivity index (χ0v) is 62.6. The molecule has 0 amide bonds. The maximum atomic E-state index is 7.15. The first kappa shape index (κ1) is 63.2. The van der Waals surface area contributed by atoms with Crippen LogP contribution in [0.15, 0.2) is 365 Å². The van der Waals surface area contributed by atoms with Crippen LogP contribution in [0.3, 0.4) is 0 Å². The van der Waals surface area contributed by atoms with Crippen molar-refractivity contribution in [3.63, 3.8) is 0 Å². The number of aromatic nitrogens is 2. The SMILES string of the molecule is CC(C)(C)c1cc2c3c(c1)N1c4cc(-n5c6ccccc6c6ccc7c8ccccc8oc7c65)ccc4B3c3ccc(-n4c5ccccc5c5ccc6c7ccccc7oc6c54)cc3N2c2c(-c3ccccc3)cccc2-c2cccc(c2)-c2ccc3oc4ccc(cc4c3c2)-c2cccc(c2)-c2cccc(-c3ccccc3)c21. The van der Waals surface area contributed by atoms with Gasteiger partial charge in [-0.2, -0.15) is 0 Å². The third-order valence-electron chi connectivity index (χ3n) is 25.0. The van der Waals surface area contributed by atoms with Crippen molar-refractivity contribution in [2.75, 3.05) is 9.80 Å². The maximum absolute atomic E-state index is 7.15. The largest absolute Gasteiger partial charge is 0.456 e. The summed E-state index contributed by atoms with van der Waals surface area (Å²) in [6.45, 7) is 6.83. The Morgan fingerprint density at radius 1 is 0.254 bits per heavy atom. The van der Waals surface area contributed by atoms with E-state index in [2.05, 4.69) is 392 Å². The van der Waals surface area contributed by atoms with E-state index in [1.54, 1.807) is 0 Å². The number of fused-ring (bicyclic) bond motifs is 34. The van der Waals surface area contributed by atoms with Crippen molar-refractivity contribution >= 4 is 167 Å². The lowest BCUT2D eigenvalue weighted by Gasteiger charge is -2.46. The Bertz CT molecular complexity index is 7490. The van der Waals surface area contributed by atoms with Gasteiger partial charge in [-0.3, -0.25) is 0 Å². The van der Waals surface area contributed by atoms with Crippen LogP contribution in [0.25, 0.3) is 188 Å². The van der Waals surface area contributed by atoms with E-state index in [0.29, 0.717) is 0 Å². The van der Waals surface area contributed by atoms with E-state index in [9.17, 15) is 0 Å². The number of para-hydroxylation sites is 6. The highest BCUT2D eigenvalue weighted by molar-refractivity contribution is 7.00. The van der Waals surface area contributed by atoms with E-state index < -0.39 is 0 Å². The molecule has 17 aromatic carbocycles. The number of furan rings is 3. The summed E-state index contributed by atoms with van der Waals surface area (Å²) in [7, 11) is 0. The number of rotatable bonds is 4. The minimum Gasteiger partial charge on any atom is -0.456 e. The van der Waals surface area contributed by atoms with Gasteiger partial charge in [-0.1, -0.05) is 263 Å². The van der Waals surface area contributed by atoms with Crippen molar-refractivity contribution in [3.8, 4) is 78.1 Å². The summed E-state index contributed by atoms with van der Waals surface area (Å²) >= 11 is 0. The first-order valence-corrected chi connectivity index (χ1v) is 39.5. The van der Waals surface area contributed by atoms with Gasteiger partial charge in [0.1, 0.15) is 22.3 Å². The highest BCUT2D eigenvalue weighted by atomic mass is 16.3. The zero-order valence-electron chi connectivity index (χ0n) is 62.6. The molecule has 0 N–H and O–H groups in total. The summed E-state index contributed by atoms with van der Waals surface area (Å²) < 4.78 is 26.0. The van der Waals surface area contributed by atoms with Gasteiger partial charge in [0.15, 0.2) is 11.2 Å². The number of benzene rings is 17. The lowest BCUT2D eigenvalue weighted by Crippen LogP contribution is -2.61. The minimum atomic E-state index is -0.390. The van der Waals surface area contributed by atoms with Crippen LogP contribution < -0.4 is 26.2 Å². The molecule has 8 heteroatoms. The lowest BCUT2D eigenvalue weighted by atomic mass is 9.33. The van der Waals surface area contributed by atoms with E-state index in [1.807, 2.05) is 0 Å². The summed E-state index contributed by atoms with van der Waals surface area (Å²) in [5.74, 6) is 0. The van der Waals surface area contributed by atoms with Crippen molar-refractivity contribution in [2.45, 2.75) is 26.2 Å². The molecule has 0 saturated carbocycles. The van der Waals surface area contributed by atoms with Gasteiger partial charge in [0.25, 0.3) is 6.71 Å². The molecule has 0 spiro atoms. The van der Waals surface area contributed by atoms with Gasteiger partial charge < -0.3 is 32.2 Å². The van der Waals surface area contributed by atoms with E-state index in [0.717, 1.165) is 222 Å². The van der Waals surface area contributed by atoms with Gasteiger partial charge in [0, 0.05) is 110 Å². The average Bonchev–Trinajstić information content (AvgIpc) is 0.819. The van der Waals surface area contributed by atoms with Crippen LogP contribution in [0.4, 0.5) is 34.1 Å². The molecule has 0 fully saturated rings. The molecule has 25 rings (SSSR count). The molecule has 8 heterocycles. The van der Waals surface area contributed by atoms with Gasteiger partial charge >= 0.3 is 0 Å². The second kappa shape index (κ2) is 23.5. The Morgan fingerprint density at radius 2 is 0.632 bits per heavy atom. The van der Waals surface area contributed by atoms with Crippen LogP contribution in [0.1, 0.15) is 26.3 Å². The first-order chi connectivity index (χ1) is 56.2. The van der Waals surface area contributed by atoms with Crippen molar-refractivity contribution in [3.05, 3.63) is 357 Å². The van der Waals surface area contributed by atoms with Crippen molar-refractivity contribution in [1.29, 1.82) is 0 Å². The molecule has 0 atom stereocenters. The number of anilines is 6. The summed E-state index contributed by atoms with van der Waals surface area (Å²) in [6, 6.07) is 132. The molecule has 0 aliphatic carbocycles. The van der Waals surface area contributed by atoms with Crippen molar-refractivity contribution in [1.82, 2.24) is 9.13 Å². The molecule has 0 saturated heterocycles. The summed E-state index contributed by atoms with van der Waals surface area (Å²) in [4.78, 5) is 5.40. The number of hydrogen-bond donors (Lipinski definition) is 0. The Morgan fingerprint density at radius 3 is 1.10 bits per heavy atom.